The Morgan fingerprint density at radius 2 is 2.50 bits per heavy atom. The topological polar surface area (TPSA) is 39.2 Å². The van der Waals surface area contributed by atoms with Gasteiger partial charge in [0, 0.05) is 16.3 Å². The summed E-state index contributed by atoms with van der Waals surface area (Å²) in [6.07, 6.45) is 0.430. The molecule has 1 aromatic heterocycles. The van der Waals surface area contributed by atoms with Crippen molar-refractivity contribution in [3.63, 3.8) is 0 Å². The molecule has 0 aliphatic carbocycles. The van der Waals surface area contributed by atoms with Crippen LogP contribution >= 0.6 is 23.1 Å². The van der Waals surface area contributed by atoms with Crippen molar-refractivity contribution < 1.29 is 9.53 Å². The second kappa shape index (κ2) is 5.36. The van der Waals surface area contributed by atoms with Crippen LogP contribution in [0.25, 0.3) is 0 Å². The zero-order chi connectivity index (χ0) is 10.6. The van der Waals surface area contributed by atoms with Crippen molar-refractivity contribution >= 4 is 29.1 Å². The van der Waals surface area contributed by atoms with Crippen LogP contribution in [-0.4, -0.2) is 23.3 Å². The van der Waals surface area contributed by atoms with Gasteiger partial charge < -0.3 is 4.74 Å². The van der Waals surface area contributed by atoms with Crippen LogP contribution in [0.15, 0.2) is 9.72 Å². The lowest BCUT2D eigenvalue weighted by molar-refractivity contribution is -0.140. The molecule has 0 aliphatic heterocycles. The van der Waals surface area contributed by atoms with Gasteiger partial charge in [0.2, 0.25) is 0 Å². The van der Waals surface area contributed by atoms with Gasteiger partial charge in [0.1, 0.15) is 4.34 Å². The van der Waals surface area contributed by atoms with E-state index in [-0.39, 0.29) is 11.2 Å². The van der Waals surface area contributed by atoms with Crippen molar-refractivity contribution in [1.29, 1.82) is 0 Å². The Balaban J connectivity index is 2.41. The third kappa shape index (κ3) is 3.67. The predicted molar refractivity (Wildman–Crippen MR) is 58.8 cm³/mol. The molecule has 0 saturated carbocycles. The number of carbonyl (C=O) groups excluding carboxylic acids is 1. The molecule has 14 heavy (non-hydrogen) atoms. The van der Waals surface area contributed by atoms with Gasteiger partial charge in [-0.15, -0.1) is 11.3 Å². The number of aromatic nitrogens is 1. The molecule has 78 valence electrons. The summed E-state index contributed by atoms with van der Waals surface area (Å²) in [4.78, 5) is 15.3. The SMILES string of the molecule is COC(=O)CC(C)Sc1nc(C)cs1. The zero-order valence-electron chi connectivity index (χ0n) is 8.44. The van der Waals surface area contributed by atoms with E-state index in [1.165, 1.54) is 7.11 Å². The Morgan fingerprint density at radius 3 is 3.00 bits per heavy atom. The summed E-state index contributed by atoms with van der Waals surface area (Å²) >= 11 is 3.23. The summed E-state index contributed by atoms with van der Waals surface area (Å²) in [5, 5.41) is 2.22. The maximum Gasteiger partial charge on any atom is 0.306 e. The minimum absolute atomic E-state index is 0.168. The summed E-state index contributed by atoms with van der Waals surface area (Å²) < 4.78 is 5.61. The third-order valence-electron chi connectivity index (χ3n) is 1.58. The molecule has 1 atom stereocenters. The Hall–Kier alpha value is -0.550. The molecule has 0 amide bonds. The number of nitrogens with zero attached hydrogens (tertiary/aromatic N) is 1. The van der Waals surface area contributed by atoms with Gasteiger partial charge in [0.15, 0.2) is 0 Å². The van der Waals surface area contributed by atoms with E-state index < -0.39 is 0 Å². The van der Waals surface area contributed by atoms with Crippen molar-refractivity contribution in [2.75, 3.05) is 7.11 Å². The number of thiazole rings is 1. The van der Waals surface area contributed by atoms with E-state index in [4.69, 9.17) is 0 Å². The Kier molecular flexibility index (Phi) is 4.41. The van der Waals surface area contributed by atoms with E-state index in [2.05, 4.69) is 9.72 Å². The highest BCUT2D eigenvalue weighted by molar-refractivity contribution is 8.01. The van der Waals surface area contributed by atoms with Crippen LogP contribution in [0.5, 0.6) is 0 Å². The number of rotatable bonds is 4. The fraction of sp³-hybridized carbons (Fsp3) is 0.556. The number of hydrogen-bond acceptors (Lipinski definition) is 5. The molecule has 5 heteroatoms. The predicted octanol–water partition coefficient (Wildman–Crippen LogP) is 2.50. The summed E-state index contributed by atoms with van der Waals surface area (Å²) in [5.74, 6) is -0.168. The second-order valence-electron chi connectivity index (χ2n) is 2.96. The summed E-state index contributed by atoms with van der Waals surface area (Å²) in [5.41, 5.74) is 1.03. The van der Waals surface area contributed by atoms with Crippen molar-refractivity contribution in [3.8, 4) is 0 Å². The molecule has 0 radical (unpaired) electrons. The van der Waals surface area contributed by atoms with Crippen LogP contribution in [0.1, 0.15) is 19.0 Å². The van der Waals surface area contributed by atoms with Crippen LogP contribution < -0.4 is 0 Å². The molecule has 0 aliphatic rings. The standard InChI is InChI=1S/C9H13NO2S2/c1-6-5-13-9(10-6)14-7(2)4-8(11)12-3/h5,7H,4H2,1-3H3. The minimum Gasteiger partial charge on any atom is -0.469 e. The fourth-order valence-electron chi connectivity index (χ4n) is 0.918. The van der Waals surface area contributed by atoms with E-state index in [0.717, 1.165) is 10.0 Å². The van der Waals surface area contributed by atoms with Crippen molar-refractivity contribution in [1.82, 2.24) is 4.98 Å². The molecule has 1 rings (SSSR count). The summed E-state index contributed by atoms with van der Waals surface area (Å²) in [7, 11) is 1.41. The number of carbonyl (C=O) groups is 1. The molecule has 0 N–H and O–H groups in total. The molecule has 1 aromatic rings. The summed E-state index contributed by atoms with van der Waals surface area (Å²) in [6, 6.07) is 0. The first-order valence-corrected chi connectivity index (χ1v) is 6.03. The van der Waals surface area contributed by atoms with E-state index in [9.17, 15) is 4.79 Å². The van der Waals surface area contributed by atoms with Crippen LogP contribution in [-0.2, 0) is 9.53 Å². The molecule has 1 unspecified atom stereocenters. The van der Waals surface area contributed by atoms with Gasteiger partial charge in [0.05, 0.1) is 13.5 Å². The Labute approximate surface area is 91.9 Å². The smallest absolute Gasteiger partial charge is 0.306 e. The Bertz CT molecular complexity index is 312. The minimum atomic E-state index is -0.168. The van der Waals surface area contributed by atoms with Crippen molar-refractivity contribution in [3.05, 3.63) is 11.1 Å². The average Bonchev–Trinajstić information content (AvgIpc) is 2.50. The number of ether oxygens (including phenoxy) is 1. The normalized spacial score (nSPS) is 12.5. The molecule has 0 saturated heterocycles. The first-order chi connectivity index (χ1) is 6.61. The number of aryl methyl sites for hydroxylation is 1. The molecular weight excluding hydrogens is 218 g/mol. The number of thioether (sulfide) groups is 1. The molecule has 0 spiro atoms. The lowest BCUT2D eigenvalue weighted by Crippen LogP contribution is -2.08. The average molecular weight is 231 g/mol. The maximum absolute atomic E-state index is 11.0. The fourth-order valence-corrected chi connectivity index (χ4v) is 3.06. The van der Waals surface area contributed by atoms with Gasteiger partial charge in [-0.1, -0.05) is 18.7 Å². The van der Waals surface area contributed by atoms with Crippen LogP contribution in [0.2, 0.25) is 0 Å². The van der Waals surface area contributed by atoms with Crippen molar-refractivity contribution in [2.24, 2.45) is 0 Å². The molecule has 0 fully saturated rings. The first-order valence-electron chi connectivity index (χ1n) is 4.27. The highest BCUT2D eigenvalue weighted by atomic mass is 32.2. The first kappa shape index (κ1) is 11.5. The lowest BCUT2D eigenvalue weighted by Gasteiger charge is -2.06. The van der Waals surface area contributed by atoms with E-state index in [1.54, 1.807) is 23.1 Å². The molecule has 3 nitrogen and oxygen atoms in total. The van der Waals surface area contributed by atoms with E-state index >= 15 is 0 Å². The second-order valence-corrected chi connectivity index (χ2v) is 5.51. The molecule has 0 aromatic carbocycles. The van der Waals surface area contributed by atoms with Crippen LogP contribution in [0.3, 0.4) is 0 Å². The van der Waals surface area contributed by atoms with Gasteiger partial charge >= 0.3 is 5.97 Å². The lowest BCUT2D eigenvalue weighted by atomic mass is 10.3. The van der Waals surface area contributed by atoms with Crippen molar-refractivity contribution in [2.45, 2.75) is 29.9 Å². The van der Waals surface area contributed by atoms with Gasteiger partial charge in [-0.2, -0.15) is 0 Å². The molecular formula is C9H13NO2S2. The summed E-state index contributed by atoms with van der Waals surface area (Å²) in [6.45, 7) is 3.96. The number of methoxy groups -OCH3 is 1. The number of hydrogen-bond donors (Lipinski definition) is 0. The van der Waals surface area contributed by atoms with Gasteiger partial charge in [-0.3, -0.25) is 4.79 Å². The highest BCUT2D eigenvalue weighted by Gasteiger charge is 2.12. The van der Waals surface area contributed by atoms with Gasteiger partial charge in [-0.25, -0.2) is 4.98 Å². The third-order valence-corrected chi connectivity index (χ3v) is 3.77. The monoisotopic (exact) mass is 231 g/mol. The van der Waals surface area contributed by atoms with E-state index in [0.29, 0.717) is 6.42 Å². The Morgan fingerprint density at radius 1 is 1.79 bits per heavy atom. The highest BCUT2D eigenvalue weighted by Crippen LogP contribution is 2.28. The quantitative estimate of drug-likeness (QED) is 0.589. The maximum atomic E-state index is 11.0. The molecule has 1 heterocycles. The van der Waals surface area contributed by atoms with Crippen LogP contribution in [0.4, 0.5) is 0 Å². The largest absolute Gasteiger partial charge is 0.469 e. The van der Waals surface area contributed by atoms with Gasteiger partial charge in [0.25, 0.3) is 0 Å². The van der Waals surface area contributed by atoms with Gasteiger partial charge in [-0.05, 0) is 6.92 Å². The van der Waals surface area contributed by atoms with E-state index in [1.807, 2.05) is 19.2 Å². The number of esters is 1. The zero-order valence-corrected chi connectivity index (χ0v) is 10.1. The molecule has 0 bridgehead atoms. The van der Waals surface area contributed by atoms with Crippen LogP contribution in [0, 0.1) is 6.92 Å².